The summed E-state index contributed by atoms with van der Waals surface area (Å²) < 4.78 is 24.3. The summed E-state index contributed by atoms with van der Waals surface area (Å²) in [6.45, 7) is 1.25. The Kier molecular flexibility index (Phi) is 37.7. The number of hydrogen-bond acceptors (Lipinski definition) is 9. The van der Waals surface area contributed by atoms with E-state index < -0.39 is 39.1 Å². The molecule has 0 aromatic rings. The third-order valence-electron chi connectivity index (χ3n) is 2.93. The second-order valence-electron chi connectivity index (χ2n) is 6.50. The number of phosphoric ester groups is 1. The molecule has 0 radical (unpaired) electrons. The van der Waals surface area contributed by atoms with E-state index in [9.17, 15) is 28.7 Å². The Bertz CT molecular complexity index is 2220. The number of hydrogen-bond donors (Lipinski definition) is 1. The summed E-state index contributed by atoms with van der Waals surface area (Å²) in [5, 5.41) is 0. The zero-order valence-electron chi connectivity index (χ0n) is 26.3. The van der Waals surface area contributed by atoms with Gasteiger partial charge in [0, 0.05) is 45.9 Å². The number of phosphoric acid groups is 1. The normalized spacial score (nSPS) is 6.92. The van der Waals surface area contributed by atoms with Gasteiger partial charge in [-0.25, -0.2) is 9.59 Å². The van der Waals surface area contributed by atoms with Gasteiger partial charge in [-0.15, -0.1) is 6.42 Å². The van der Waals surface area contributed by atoms with Gasteiger partial charge in [0.25, 0.3) is 0 Å². The van der Waals surface area contributed by atoms with Crippen molar-refractivity contribution in [3.63, 3.8) is 0 Å². The number of esters is 2. The van der Waals surface area contributed by atoms with Crippen LogP contribution in [0.1, 0.15) is 41.0 Å². The number of rotatable bonds is 6. The second-order valence-corrected chi connectivity index (χ2v) is 7.65. The molecule has 0 bridgehead atoms. The van der Waals surface area contributed by atoms with Crippen molar-refractivity contribution in [3.8, 4) is 166 Å². The Labute approximate surface area is 358 Å². The first-order valence-electron chi connectivity index (χ1n) is 11.7. The largest absolute Gasteiger partial charge is 1.00 e. The molecule has 49 heavy (non-hydrogen) atoms. The average molecular weight is 720 g/mol. The minimum Gasteiger partial charge on any atom is -0.790 e. The summed E-state index contributed by atoms with van der Waals surface area (Å²) in [7, 11) is -5.43. The first-order valence-corrected chi connectivity index (χ1v) is 13.2. The second kappa shape index (κ2) is 36.8. The SMILES string of the molecule is C#CC#CC#CC#CC#CC#CC#CC#CC#CC(=O)O[C@H](COC(=O)C#CC#CC#CC#CC#CC)COP(=O)([O-])[O-].CC(N)=O.[HH].[HH].[HH].[HH].[HH].[HH].[HH].[HH].[HH].[HH].[HH].[HH].[HH].[HH].[HH].[HH].[HH].[HH].[HH].[Na+].[Na+]. The van der Waals surface area contributed by atoms with Gasteiger partial charge >= 0.3 is 71.1 Å². The van der Waals surface area contributed by atoms with Gasteiger partial charge in [0.1, 0.15) is 6.61 Å². The van der Waals surface area contributed by atoms with Crippen LogP contribution in [0.3, 0.4) is 0 Å². The van der Waals surface area contributed by atoms with Gasteiger partial charge in [0.2, 0.25) is 5.91 Å². The smallest absolute Gasteiger partial charge is 0.790 e. The molecule has 0 fully saturated rings. The van der Waals surface area contributed by atoms with Crippen molar-refractivity contribution in [2.75, 3.05) is 13.2 Å². The number of nitrogens with two attached hydrogens (primary N) is 1. The van der Waals surface area contributed by atoms with Crippen LogP contribution in [0.5, 0.6) is 0 Å². The summed E-state index contributed by atoms with van der Waals surface area (Å²) in [4.78, 5) is 54.2. The van der Waals surface area contributed by atoms with Gasteiger partial charge in [0.15, 0.2) is 6.10 Å². The van der Waals surface area contributed by atoms with Crippen molar-refractivity contribution < 1.29 is 129 Å². The van der Waals surface area contributed by atoms with Gasteiger partial charge in [-0.3, -0.25) is 4.79 Å². The molecule has 0 aromatic carbocycles. The van der Waals surface area contributed by atoms with Crippen LogP contribution in [0.4, 0.5) is 0 Å². The van der Waals surface area contributed by atoms with E-state index in [1.54, 1.807) is 6.92 Å². The van der Waals surface area contributed by atoms with Crippen LogP contribution in [-0.4, -0.2) is 37.2 Å². The molecular weight excluding hydrogens is 667 g/mol. The Morgan fingerprint density at radius 3 is 1.33 bits per heavy atom. The van der Waals surface area contributed by atoms with Gasteiger partial charge < -0.3 is 34.1 Å². The molecule has 0 aliphatic carbocycles. The van der Waals surface area contributed by atoms with Crippen molar-refractivity contribution in [3.05, 3.63) is 0 Å². The molecule has 0 aliphatic heterocycles. The minimum atomic E-state index is -5.43. The van der Waals surface area contributed by atoms with Crippen LogP contribution in [0.2, 0.25) is 0 Å². The van der Waals surface area contributed by atoms with E-state index in [1.807, 2.05) is 11.8 Å². The Morgan fingerprint density at radius 2 is 0.980 bits per heavy atom. The average Bonchev–Trinajstić information content (AvgIpc) is 3.00. The molecule has 0 heterocycles. The molecule has 0 saturated carbocycles. The standard InChI is InChI=1S/C34H11O8P.C2H5NO.2Na.19H2/c1-3-5-7-9-11-13-14-15-16-17-18-19-21-23-25-27-29-34(36)42-32(31-41-43(37,38)39)30-40-33(35)28-26-24-22-20-12-10-8-6-4-2;1-2(3)4;;;;;;;;;;;;;;;;;;;;;/h1,32H,30-31H2,2H3,(H2,37,38,39);1H3,(H2,3,4);;;19*1H/q;;2*+1;;;;;;;;;;;;;;;;;;;/p-2/t32-;;;;;;;;;;;;;;;;;;;;;;/m1....................../s1. The molecule has 0 spiro atoms. The molecule has 1 amide bonds. The van der Waals surface area contributed by atoms with Crippen LogP contribution in [-0.2, 0) is 32.9 Å². The zero-order valence-corrected chi connectivity index (χ0v) is 31.2. The van der Waals surface area contributed by atoms with Crippen LogP contribution >= 0.6 is 7.82 Å². The molecule has 0 saturated heterocycles. The van der Waals surface area contributed by atoms with Gasteiger partial charge in [-0.05, 0) is 149 Å². The fourth-order valence-corrected chi connectivity index (χ4v) is 1.88. The zero-order chi connectivity index (χ0) is 35.4. The van der Waals surface area contributed by atoms with Crippen molar-refractivity contribution in [2.24, 2.45) is 5.73 Å². The Morgan fingerprint density at radius 1 is 0.653 bits per heavy atom. The van der Waals surface area contributed by atoms with E-state index >= 15 is 0 Å². The first kappa shape index (κ1) is 50.2. The summed E-state index contributed by atoms with van der Waals surface area (Å²) in [5.41, 5.74) is 4.47. The molecule has 0 rings (SSSR count). The minimum absolute atomic E-state index is 0. The predicted octanol–water partition coefficient (Wildman–Crippen LogP) is -3.84. The molecule has 262 valence electrons. The fourth-order valence-electron chi connectivity index (χ4n) is 1.53. The van der Waals surface area contributed by atoms with Crippen LogP contribution in [0, 0.1) is 166 Å². The topological polar surface area (TPSA) is 168 Å². The van der Waals surface area contributed by atoms with Gasteiger partial charge in [-0.1, -0.05) is 5.92 Å². The molecule has 2 N–H and O–H groups in total. The number of carbonyl (C=O) groups is 3. The van der Waals surface area contributed by atoms with E-state index in [-0.39, 0.29) is 92.1 Å². The number of carbonyl (C=O) groups excluding carboxylic acids is 3. The maximum atomic E-state index is 11.9. The summed E-state index contributed by atoms with van der Waals surface area (Å²) in [6, 6.07) is 0. The Hall–Kier alpha value is -5.64. The third kappa shape index (κ3) is 46.9. The third-order valence-corrected chi connectivity index (χ3v) is 3.40. The van der Waals surface area contributed by atoms with Crippen LogP contribution in [0.25, 0.3) is 0 Å². The molecule has 13 heteroatoms. The van der Waals surface area contributed by atoms with Crippen molar-refractivity contribution in [2.45, 2.75) is 20.0 Å². The van der Waals surface area contributed by atoms with Gasteiger partial charge in [-0.2, -0.15) is 0 Å². The summed E-state index contributed by atoms with van der Waals surface area (Å²) in [6.07, 6.45) is 3.39. The van der Waals surface area contributed by atoms with E-state index in [0.29, 0.717) is 0 Å². The van der Waals surface area contributed by atoms with E-state index in [0.717, 1.165) is 0 Å². The number of terminal acetylenes is 1. The number of amides is 1. The molecular formula is C36H52NNa2O9P. The fraction of sp³-hybridized carbons (Fsp3) is 0.139. The van der Waals surface area contributed by atoms with E-state index in [1.165, 1.54) is 6.92 Å². The van der Waals surface area contributed by atoms with Crippen molar-refractivity contribution in [1.82, 2.24) is 0 Å². The predicted molar refractivity (Wildman–Crippen MR) is 205 cm³/mol. The Balaban J connectivity index is -0.0000000370. The van der Waals surface area contributed by atoms with Crippen molar-refractivity contribution in [1.29, 1.82) is 0 Å². The van der Waals surface area contributed by atoms with Gasteiger partial charge in [0.05, 0.1) is 14.4 Å². The molecule has 0 unspecified atom stereocenters. The molecule has 0 aliphatic rings. The monoisotopic (exact) mass is 719 g/mol. The maximum absolute atomic E-state index is 11.9. The first-order chi connectivity index (χ1) is 22.5. The molecule has 1 atom stereocenters. The maximum Gasteiger partial charge on any atom is 1.00 e. The number of primary amides is 1. The quantitative estimate of drug-likeness (QED) is 0.0951. The number of ether oxygens (including phenoxy) is 2. The van der Waals surface area contributed by atoms with Crippen molar-refractivity contribution >= 4 is 25.7 Å². The molecule has 0 aromatic heterocycles. The van der Waals surface area contributed by atoms with Crippen LogP contribution in [0.15, 0.2) is 0 Å². The van der Waals surface area contributed by atoms with E-state index in [2.05, 4.69) is 158 Å². The van der Waals surface area contributed by atoms with Crippen LogP contribution < -0.4 is 74.6 Å². The summed E-state index contributed by atoms with van der Waals surface area (Å²) in [5.74, 6) is 59.9. The van der Waals surface area contributed by atoms with E-state index in [4.69, 9.17) is 15.9 Å². The summed E-state index contributed by atoms with van der Waals surface area (Å²) >= 11 is 0. The molecule has 10 nitrogen and oxygen atoms in total.